The van der Waals surface area contributed by atoms with Crippen molar-refractivity contribution in [1.29, 1.82) is 0 Å². The fourth-order valence-electron chi connectivity index (χ4n) is 3.27. The van der Waals surface area contributed by atoms with Crippen molar-refractivity contribution in [3.8, 4) is 0 Å². The molecular formula is C20H23FN2O3S. The van der Waals surface area contributed by atoms with Gasteiger partial charge in [-0.15, -0.1) is 0 Å². The number of hydrogen-bond donors (Lipinski definition) is 0. The summed E-state index contributed by atoms with van der Waals surface area (Å²) in [4.78, 5) is 16.5. The van der Waals surface area contributed by atoms with E-state index < -0.39 is 27.6 Å². The summed E-state index contributed by atoms with van der Waals surface area (Å²) in [6.07, 6.45) is 0.373. The SMILES string of the molecule is CN(C)c1ccc(CN(C(=O)c2ccccc2F)[C@H]2CCS(=O)(=O)C2)cc1. The third kappa shape index (κ3) is 4.47. The van der Waals surface area contributed by atoms with Crippen LogP contribution in [0.5, 0.6) is 0 Å². The Morgan fingerprint density at radius 2 is 1.78 bits per heavy atom. The van der Waals surface area contributed by atoms with Gasteiger partial charge in [0.05, 0.1) is 17.1 Å². The predicted octanol–water partition coefficient (Wildman–Crippen LogP) is 2.72. The zero-order chi connectivity index (χ0) is 19.6. The molecule has 0 N–H and O–H groups in total. The van der Waals surface area contributed by atoms with Crippen LogP contribution in [-0.2, 0) is 16.4 Å². The third-order valence-electron chi connectivity index (χ3n) is 4.82. The number of nitrogens with zero attached hydrogens (tertiary/aromatic N) is 2. The van der Waals surface area contributed by atoms with E-state index in [1.54, 1.807) is 6.07 Å². The number of halogens is 1. The molecular weight excluding hydrogens is 367 g/mol. The quantitative estimate of drug-likeness (QED) is 0.788. The Bertz CT molecular complexity index is 926. The Balaban J connectivity index is 1.90. The van der Waals surface area contributed by atoms with Crippen LogP contribution in [0.15, 0.2) is 48.5 Å². The van der Waals surface area contributed by atoms with Crippen molar-refractivity contribution < 1.29 is 17.6 Å². The second-order valence-corrected chi connectivity index (χ2v) is 9.26. The van der Waals surface area contributed by atoms with Gasteiger partial charge in [0, 0.05) is 32.4 Å². The van der Waals surface area contributed by atoms with Crippen molar-refractivity contribution >= 4 is 21.4 Å². The third-order valence-corrected chi connectivity index (χ3v) is 6.57. The molecule has 0 bridgehead atoms. The molecule has 7 heteroatoms. The van der Waals surface area contributed by atoms with Gasteiger partial charge in [0.15, 0.2) is 9.84 Å². The summed E-state index contributed by atoms with van der Waals surface area (Å²) >= 11 is 0. The minimum Gasteiger partial charge on any atom is -0.378 e. The zero-order valence-electron chi connectivity index (χ0n) is 15.4. The first-order valence-electron chi connectivity index (χ1n) is 8.79. The Kier molecular flexibility index (Phi) is 5.51. The number of carbonyl (C=O) groups is 1. The molecule has 2 aromatic rings. The predicted molar refractivity (Wildman–Crippen MR) is 104 cm³/mol. The summed E-state index contributed by atoms with van der Waals surface area (Å²) in [5, 5.41) is 0. The van der Waals surface area contributed by atoms with Crippen molar-refractivity contribution in [2.75, 3.05) is 30.5 Å². The van der Waals surface area contributed by atoms with E-state index in [0.717, 1.165) is 11.3 Å². The average Bonchev–Trinajstić information content (AvgIpc) is 2.99. The van der Waals surface area contributed by atoms with Crippen LogP contribution < -0.4 is 4.90 Å². The summed E-state index contributed by atoms with van der Waals surface area (Å²) in [5.74, 6) is -1.11. The molecule has 0 saturated carbocycles. The molecule has 144 valence electrons. The molecule has 2 aromatic carbocycles. The summed E-state index contributed by atoms with van der Waals surface area (Å²) in [6.45, 7) is 0.237. The molecule has 0 spiro atoms. The van der Waals surface area contributed by atoms with Gasteiger partial charge in [-0.2, -0.15) is 0 Å². The normalized spacial score (nSPS) is 18.3. The molecule has 0 aliphatic carbocycles. The molecule has 5 nitrogen and oxygen atoms in total. The molecule has 1 atom stereocenters. The monoisotopic (exact) mass is 390 g/mol. The topological polar surface area (TPSA) is 57.7 Å². The van der Waals surface area contributed by atoms with Crippen LogP contribution in [0.2, 0.25) is 0 Å². The largest absolute Gasteiger partial charge is 0.378 e. The maximum atomic E-state index is 14.1. The lowest BCUT2D eigenvalue weighted by Gasteiger charge is -2.29. The van der Waals surface area contributed by atoms with E-state index in [1.165, 1.54) is 23.1 Å². The van der Waals surface area contributed by atoms with E-state index in [9.17, 15) is 17.6 Å². The van der Waals surface area contributed by atoms with Crippen molar-refractivity contribution in [1.82, 2.24) is 4.90 Å². The number of anilines is 1. The standard InChI is InChI=1S/C20H23FN2O3S/c1-22(2)16-9-7-15(8-10-16)13-23(17-11-12-27(25,26)14-17)20(24)18-5-3-4-6-19(18)21/h3-10,17H,11-14H2,1-2H3/t17-/m0/s1. The van der Waals surface area contributed by atoms with Crippen LogP contribution in [0, 0.1) is 5.82 Å². The number of rotatable bonds is 5. The minimum absolute atomic E-state index is 0.0355. The number of hydrogen-bond acceptors (Lipinski definition) is 4. The number of carbonyl (C=O) groups excluding carboxylic acids is 1. The van der Waals surface area contributed by atoms with E-state index in [2.05, 4.69) is 0 Å². The first-order chi connectivity index (χ1) is 12.8. The maximum Gasteiger partial charge on any atom is 0.257 e. The molecule has 27 heavy (non-hydrogen) atoms. The first-order valence-corrected chi connectivity index (χ1v) is 10.6. The fourth-order valence-corrected chi connectivity index (χ4v) is 5.00. The van der Waals surface area contributed by atoms with Gasteiger partial charge in [-0.1, -0.05) is 24.3 Å². The Morgan fingerprint density at radius 3 is 2.33 bits per heavy atom. The molecule has 1 fully saturated rings. The van der Waals surface area contributed by atoms with Crippen LogP contribution in [0.4, 0.5) is 10.1 Å². The van der Waals surface area contributed by atoms with E-state index >= 15 is 0 Å². The highest BCUT2D eigenvalue weighted by atomic mass is 32.2. The zero-order valence-corrected chi connectivity index (χ0v) is 16.2. The minimum atomic E-state index is -3.17. The van der Waals surface area contributed by atoms with Crippen molar-refractivity contribution in [3.63, 3.8) is 0 Å². The number of amides is 1. The smallest absolute Gasteiger partial charge is 0.257 e. The Labute approximate surface area is 159 Å². The van der Waals surface area contributed by atoms with Gasteiger partial charge in [0.2, 0.25) is 0 Å². The molecule has 3 rings (SSSR count). The average molecular weight is 390 g/mol. The molecule has 0 radical (unpaired) electrons. The van der Waals surface area contributed by atoms with Crippen LogP contribution in [0.25, 0.3) is 0 Å². The highest BCUT2D eigenvalue weighted by Crippen LogP contribution is 2.24. The van der Waals surface area contributed by atoms with Crippen molar-refractivity contribution in [2.45, 2.75) is 19.0 Å². The Morgan fingerprint density at radius 1 is 1.11 bits per heavy atom. The van der Waals surface area contributed by atoms with E-state index in [4.69, 9.17) is 0 Å². The molecule has 1 aliphatic rings. The molecule has 1 heterocycles. The van der Waals surface area contributed by atoms with Gasteiger partial charge < -0.3 is 9.80 Å². The van der Waals surface area contributed by atoms with Crippen LogP contribution in [0.3, 0.4) is 0 Å². The van der Waals surface area contributed by atoms with E-state index in [1.807, 2.05) is 43.3 Å². The summed E-state index contributed by atoms with van der Waals surface area (Å²) in [6, 6.07) is 13.0. The summed E-state index contributed by atoms with van der Waals surface area (Å²) < 4.78 is 38.0. The van der Waals surface area contributed by atoms with Crippen LogP contribution >= 0.6 is 0 Å². The van der Waals surface area contributed by atoms with E-state index in [-0.39, 0.29) is 23.6 Å². The van der Waals surface area contributed by atoms with Crippen molar-refractivity contribution in [3.05, 3.63) is 65.5 Å². The molecule has 0 unspecified atom stereocenters. The second kappa shape index (κ2) is 7.68. The summed E-state index contributed by atoms with van der Waals surface area (Å²) in [5.41, 5.74) is 1.86. The van der Waals surface area contributed by atoms with Gasteiger partial charge in [0.1, 0.15) is 5.82 Å². The molecule has 1 saturated heterocycles. The van der Waals surface area contributed by atoms with Gasteiger partial charge in [-0.05, 0) is 36.2 Å². The highest BCUT2D eigenvalue weighted by molar-refractivity contribution is 7.91. The first kappa shape index (κ1) is 19.4. The second-order valence-electron chi connectivity index (χ2n) is 7.03. The van der Waals surface area contributed by atoms with Gasteiger partial charge in [0.25, 0.3) is 5.91 Å². The lowest BCUT2D eigenvalue weighted by atomic mass is 10.1. The number of benzene rings is 2. The number of sulfone groups is 1. The van der Waals surface area contributed by atoms with E-state index in [0.29, 0.717) is 6.42 Å². The van der Waals surface area contributed by atoms with Crippen molar-refractivity contribution in [2.24, 2.45) is 0 Å². The molecule has 1 amide bonds. The highest BCUT2D eigenvalue weighted by Gasteiger charge is 2.35. The molecule has 1 aliphatic heterocycles. The Hall–Kier alpha value is -2.41. The van der Waals surface area contributed by atoms with Gasteiger partial charge in [-0.25, -0.2) is 12.8 Å². The van der Waals surface area contributed by atoms with Gasteiger partial charge in [-0.3, -0.25) is 4.79 Å². The lowest BCUT2D eigenvalue weighted by Crippen LogP contribution is -2.41. The summed E-state index contributed by atoms with van der Waals surface area (Å²) in [7, 11) is 0.703. The maximum absolute atomic E-state index is 14.1. The van der Waals surface area contributed by atoms with Gasteiger partial charge >= 0.3 is 0 Å². The fraction of sp³-hybridized carbons (Fsp3) is 0.350. The molecule has 0 aromatic heterocycles. The van der Waals surface area contributed by atoms with Crippen LogP contribution in [-0.4, -0.2) is 50.9 Å². The van der Waals surface area contributed by atoms with Crippen LogP contribution in [0.1, 0.15) is 22.3 Å². The lowest BCUT2D eigenvalue weighted by molar-refractivity contribution is 0.0676.